The first-order valence-electron chi connectivity index (χ1n) is 15.0. The minimum Gasteiger partial charge on any atom is -0.494 e. The summed E-state index contributed by atoms with van der Waals surface area (Å²) in [6.07, 6.45) is -0.283. The number of nitrogens with one attached hydrogen (secondary N) is 1. The van der Waals surface area contributed by atoms with Gasteiger partial charge >= 0.3 is 5.97 Å². The van der Waals surface area contributed by atoms with E-state index in [1.165, 1.54) is 0 Å². The molecular weight excluding hydrogens is 638 g/mol. The van der Waals surface area contributed by atoms with Crippen LogP contribution in [0.4, 0.5) is 5.69 Å². The molecule has 0 aromatic heterocycles. The number of carbonyl (C=O) groups excluding carboxylic acids is 2. The van der Waals surface area contributed by atoms with E-state index in [-0.39, 0.29) is 37.8 Å². The highest BCUT2D eigenvalue weighted by Gasteiger charge is 2.53. The summed E-state index contributed by atoms with van der Waals surface area (Å²) in [7, 11) is 3.95. The Balaban J connectivity index is 1.71. The van der Waals surface area contributed by atoms with Gasteiger partial charge in [-0.2, -0.15) is 0 Å². The number of ether oxygens (including phenoxy) is 3. The second-order valence-corrected chi connectivity index (χ2v) is 13.0. The molecule has 2 atom stereocenters. The molecule has 4 rings (SSSR count). The Bertz CT molecular complexity index is 1480. The quantitative estimate of drug-likeness (QED) is 0.169. The molecule has 3 aromatic rings. The van der Waals surface area contributed by atoms with E-state index in [0.717, 1.165) is 21.3 Å². The first-order chi connectivity index (χ1) is 21.4. The van der Waals surface area contributed by atoms with Crippen LogP contribution in [0.1, 0.15) is 62.8 Å². The molecule has 0 unspecified atom stereocenters. The number of hydrogen-bond donors (Lipinski definition) is 2. The highest BCUT2D eigenvalue weighted by atomic mass is 79.9. The Morgan fingerprint density at radius 2 is 1.73 bits per heavy atom. The molecule has 1 heterocycles. The largest absolute Gasteiger partial charge is 0.494 e. The van der Waals surface area contributed by atoms with Crippen molar-refractivity contribution in [1.82, 2.24) is 5.32 Å². The van der Waals surface area contributed by atoms with E-state index < -0.39 is 23.2 Å². The van der Waals surface area contributed by atoms with Crippen molar-refractivity contribution in [2.24, 2.45) is 4.99 Å². The van der Waals surface area contributed by atoms with Crippen molar-refractivity contribution in [2.75, 3.05) is 32.2 Å². The fourth-order valence-corrected chi connectivity index (χ4v) is 5.46. The number of aliphatic hydroxyl groups is 1. The van der Waals surface area contributed by atoms with Crippen LogP contribution in [0.2, 0.25) is 0 Å². The van der Waals surface area contributed by atoms with Crippen LogP contribution >= 0.6 is 15.9 Å². The number of nitrogens with zero attached hydrogens (tertiary/aromatic N) is 2. The maximum absolute atomic E-state index is 14.4. The number of halogens is 1. The summed E-state index contributed by atoms with van der Waals surface area (Å²) in [5, 5.41) is 12.1. The second-order valence-electron chi connectivity index (χ2n) is 12.1. The normalized spacial score (nSPS) is 17.7. The van der Waals surface area contributed by atoms with Gasteiger partial charge in [0.1, 0.15) is 11.4 Å². The highest BCUT2D eigenvalue weighted by Crippen LogP contribution is 2.45. The summed E-state index contributed by atoms with van der Waals surface area (Å²) in [5.41, 5.74) is 1.22. The van der Waals surface area contributed by atoms with Gasteiger partial charge in [0.25, 0.3) is 5.91 Å². The first-order valence-corrected chi connectivity index (χ1v) is 15.8. The van der Waals surface area contributed by atoms with E-state index in [1.807, 2.05) is 100 Å². The van der Waals surface area contributed by atoms with Crippen LogP contribution in [0.5, 0.6) is 5.75 Å². The molecule has 2 N–H and O–H groups in total. The molecule has 0 fully saturated rings. The molecule has 3 aromatic carbocycles. The van der Waals surface area contributed by atoms with Crippen molar-refractivity contribution in [2.45, 2.75) is 63.8 Å². The van der Waals surface area contributed by atoms with Crippen LogP contribution in [-0.2, 0) is 25.6 Å². The Labute approximate surface area is 273 Å². The molecule has 1 amide bonds. The van der Waals surface area contributed by atoms with Crippen molar-refractivity contribution < 1.29 is 28.9 Å². The van der Waals surface area contributed by atoms with Crippen molar-refractivity contribution in [3.63, 3.8) is 0 Å². The summed E-state index contributed by atoms with van der Waals surface area (Å²) in [6.45, 7) is 6.15. The van der Waals surface area contributed by atoms with Crippen LogP contribution in [0.15, 0.2) is 82.3 Å². The zero-order valence-electron chi connectivity index (χ0n) is 26.5. The number of aliphatic hydroxyl groups excluding tert-OH is 1. The van der Waals surface area contributed by atoms with Gasteiger partial charge < -0.3 is 29.5 Å². The van der Waals surface area contributed by atoms with E-state index in [2.05, 4.69) is 21.2 Å². The molecule has 0 spiro atoms. The van der Waals surface area contributed by atoms with Gasteiger partial charge in [0.15, 0.2) is 11.6 Å². The maximum atomic E-state index is 14.4. The Morgan fingerprint density at radius 1 is 1.04 bits per heavy atom. The summed E-state index contributed by atoms with van der Waals surface area (Å²) in [5.74, 6) is 0.144. The van der Waals surface area contributed by atoms with E-state index in [4.69, 9.17) is 24.3 Å². The molecule has 0 radical (unpaired) electrons. The van der Waals surface area contributed by atoms with E-state index in [0.29, 0.717) is 24.3 Å². The molecule has 9 nitrogen and oxygen atoms in total. The summed E-state index contributed by atoms with van der Waals surface area (Å²) in [6, 6.07) is 22.7. The van der Waals surface area contributed by atoms with Gasteiger partial charge in [-0.05, 0) is 75.2 Å². The number of hydrogen-bond acceptors (Lipinski definition) is 8. The van der Waals surface area contributed by atoms with Crippen molar-refractivity contribution in [3.05, 3.63) is 94.0 Å². The number of amides is 1. The Morgan fingerprint density at radius 3 is 2.36 bits per heavy atom. The van der Waals surface area contributed by atoms with Crippen molar-refractivity contribution >= 4 is 39.4 Å². The van der Waals surface area contributed by atoms with Crippen LogP contribution in [0.25, 0.3) is 0 Å². The smallest absolute Gasteiger partial charge is 0.306 e. The predicted octanol–water partition coefficient (Wildman–Crippen LogP) is 5.97. The summed E-state index contributed by atoms with van der Waals surface area (Å²) < 4.78 is 18.6. The van der Waals surface area contributed by atoms with Gasteiger partial charge in [-0.15, -0.1) is 0 Å². The molecule has 0 aliphatic carbocycles. The van der Waals surface area contributed by atoms with Gasteiger partial charge in [0.05, 0.1) is 6.61 Å². The number of anilines is 1. The zero-order valence-corrected chi connectivity index (χ0v) is 28.1. The Kier molecular flexibility index (Phi) is 11.3. The number of carbonyl (C=O) groups is 2. The molecule has 0 bridgehead atoms. The number of rotatable bonds is 13. The number of esters is 1. The lowest BCUT2D eigenvalue weighted by atomic mass is 9.83. The SMILES string of the molecule is CN(C)c1ccc(CNC(=O)[C@]2(CCC(=O)OC(C)(C)C)N=C(c3ccc(OCCCO)cc3)O[C@@H]2c2ccccc2Br)cc1. The number of benzene rings is 3. The minimum absolute atomic E-state index is 0.0407. The molecular formula is C35H42BrN3O6. The lowest BCUT2D eigenvalue weighted by molar-refractivity contribution is -0.155. The molecule has 1 aliphatic heterocycles. The van der Waals surface area contributed by atoms with Gasteiger partial charge in [0, 0.05) is 61.4 Å². The first kappa shape index (κ1) is 34.0. The van der Waals surface area contributed by atoms with Gasteiger partial charge in [-0.1, -0.05) is 46.3 Å². The zero-order chi connectivity index (χ0) is 32.6. The predicted molar refractivity (Wildman–Crippen MR) is 179 cm³/mol. The standard InChI is InChI=1S/C35H42BrN3O6/c1-34(2,3)45-30(41)19-20-35(33(42)37-23-24-11-15-26(16-12-24)39(4)5)31(28-9-6-7-10-29(28)36)44-32(38-35)25-13-17-27(18-14-25)43-22-8-21-40/h6-7,9-18,31,40H,8,19-23H2,1-5H3,(H,37,42)/t31-,35-/m1/s1. The average molecular weight is 681 g/mol. The van der Waals surface area contributed by atoms with Gasteiger partial charge in [-0.3, -0.25) is 9.59 Å². The highest BCUT2D eigenvalue weighted by molar-refractivity contribution is 9.10. The van der Waals surface area contributed by atoms with Crippen LogP contribution < -0.4 is 15.0 Å². The molecule has 0 saturated carbocycles. The summed E-state index contributed by atoms with van der Waals surface area (Å²) in [4.78, 5) is 34.3. The molecule has 240 valence electrons. The molecule has 45 heavy (non-hydrogen) atoms. The van der Waals surface area contributed by atoms with Crippen LogP contribution in [0.3, 0.4) is 0 Å². The third-order valence-electron chi connectivity index (χ3n) is 7.25. The monoisotopic (exact) mass is 679 g/mol. The van der Waals surface area contributed by atoms with E-state index in [9.17, 15) is 9.59 Å². The van der Waals surface area contributed by atoms with Gasteiger partial charge in [-0.25, -0.2) is 4.99 Å². The van der Waals surface area contributed by atoms with Crippen LogP contribution in [0, 0.1) is 0 Å². The topological polar surface area (TPSA) is 110 Å². The Hall–Kier alpha value is -3.89. The summed E-state index contributed by atoms with van der Waals surface area (Å²) >= 11 is 3.64. The van der Waals surface area contributed by atoms with Crippen molar-refractivity contribution in [3.8, 4) is 5.75 Å². The molecule has 1 aliphatic rings. The molecule has 10 heteroatoms. The lowest BCUT2D eigenvalue weighted by Gasteiger charge is -2.31. The third kappa shape index (κ3) is 8.85. The fraction of sp³-hybridized carbons (Fsp3) is 0.400. The van der Waals surface area contributed by atoms with Crippen LogP contribution in [-0.4, -0.2) is 61.3 Å². The van der Waals surface area contributed by atoms with E-state index >= 15 is 0 Å². The number of aliphatic imine (C=N–C) groups is 1. The third-order valence-corrected chi connectivity index (χ3v) is 7.98. The minimum atomic E-state index is -1.48. The van der Waals surface area contributed by atoms with Gasteiger partial charge in [0.2, 0.25) is 5.90 Å². The lowest BCUT2D eigenvalue weighted by Crippen LogP contribution is -2.48. The average Bonchev–Trinajstić information content (AvgIpc) is 3.39. The fourth-order valence-electron chi connectivity index (χ4n) is 4.97. The van der Waals surface area contributed by atoms with E-state index in [1.54, 1.807) is 12.1 Å². The molecule has 0 saturated heterocycles. The van der Waals surface area contributed by atoms with Crippen molar-refractivity contribution in [1.29, 1.82) is 0 Å². The maximum Gasteiger partial charge on any atom is 0.306 e. The second kappa shape index (κ2) is 14.9.